The molecule has 3 rings (SSSR count). The highest BCUT2D eigenvalue weighted by Gasteiger charge is 2.30. The van der Waals surface area contributed by atoms with E-state index in [0.29, 0.717) is 5.69 Å². The fourth-order valence-electron chi connectivity index (χ4n) is 2.79. The topological polar surface area (TPSA) is 73.2 Å². The summed E-state index contributed by atoms with van der Waals surface area (Å²) in [6.45, 7) is 6.04. The average Bonchev–Trinajstić information content (AvgIpc) is 3.15. The largest absolute Gasteiger partial charge is 0.497 e. The van der Waals surface area contributed by atoms with Gasteiger partial charge in [0.1, 0.15) is 10.6 Å². The van der Waals surface area contributed by atoms with Crippen molar-refractivity contribution in [1.29, 1.82) is 0 Å². The SMILES string of the molecule is COc1ccc(CNS(=O)(=O)c2cn(-c3ccccc3)nc2C(C)(C)C)cc1. The van der Waals surface area contributed by atoms with Crippen molar-refractivity contribution < 1.29 is 13.2 Å². The number of sulfonamides is 1. The first kappa shape index (κ1) is 20.1. The highest BCUT2D eigenvalue weighted by atomic mass is 32.2. The number of benzene rings is 2. The molecule has 1 heterocycles. The molecule has 148 valence electrons. The summed E-state index contributed by atoms with van der Waals surface area (Å²) in [5.41, 5.74) is 1.75. The van der Waals surface area contributed by atoms with Gasteiger partial charge in [-0.15, -0.1) is 0 Å². The van der Waals surface area contributed by atoms with Crippen LogP contribution in [0.2, 0.25) is 0 Å². The Balaban J connectivity index is 1.92. The van der Waals surface area contributed by atoms with E-state index in [1.807, 2.05) is 63.2 Å². The van der Waals surface area contributed by atoms with Crippen molar-refractivity contribution in [3.05, 3.63) is 72.1 Å². The minimum Gasteiger partial charge on any atom is -0.497 e. The second-order valence-electron chi connectivity index (χ2n) is 7.54. The summed E-state index contributed by atoms with van der Waals surface area (Å²) >= 11 is 0. The minimum absolute atomic E-state index is 0.187. The van der Waals surface area contributed by atoms with Gasteiger partial charge in [-0.25, -0.2) is 17.8 Å². The van der Waals surface area contributed by atoms with Gasteiger partial charge in [0.15, 0.2) is 0 Å². The maximum absolute atomic E-state index is 13.1. The summed E-state index contributed by atoms with van der Waals surface area (Å²) in [5.74, 6) is 0.728. The van der Waals surface area contributed by atoms with Crippen LogP contribution in [0.25, 0.3) is 5.69 Å². The van der Waals surface area contributed by atoms with Gasteiger partial charge >= 0.3 is 0 Å². The molecule has 28 heavy (non-hydrogen) atoms. The van der Waals surface area contributed by atoms with Gasteiger partial charge in [-0.2, -0.15) is 5.10 Å². The summed E-state index contributed by atoms with van der Waals surface area (Å²) in [5, 5.41) is 4.58. The maximum Gasteiger partial charge on any atom is 0.244 e. The molecule has 0 saturated carbocycles. The molecule has 0 aliphatic heterocycles. The zero-order chi connectivity index (χ0) is 20.4. The van der Waals surface area contributed by atoms with Gasteiger partial charge in [0, 0.05) is 12.0 Å². The van der Waals surface area contributed by atoms with Crippen molar-refractivity contribution >= 4 is 10.0 Å². The Bertz CT molecular complexity index is 1030. The van der Waals surface area contributed by atoms with Gasteiger partial charge in [-0.3, -0.25) is 0 Å². The van der Waals surface area contributed by atoms with Crippen molar-refractivity contribution in [2.75, 3.05) is 7.11 Å². The van der Waals surface area contributed by atoms with Crippen molar-refractivity contribution in [2.24, 2.45) is 0 Å². The lowest BCUT2D eigenvalue weighted by atomic mass is 9.92. The zero-order valence-electron chi connectivity index (χ0n) is 16.5. The van der Waals surface area contributed by atoms with Crippen LogP contribution in [0.3, 0.4) is 0 Å². The van der Waals surface area contributed by atoms with Crippen LogP contribution in [0.15, 0.2) is 65.7 Å². The Labute approximate surface area is 166 Å². The van der Waals surface area contributed by atoms with E-state index >= 15 is 0 Å². The molecule has 0 unspecified atom stereocenters. The van der Waals surface area contributed by atoms with E-state index in [2.05, 4.69) is 9.82 Å². The van der Waals surface area contributed by atoms with E-state index in [9.17, 15) is 8.42 Å². The molecule has 0 saturated heterocycles. The smallest absolute Gasteiger partial charge is 0.244 e. The highest BCUT2D eigenvalue weighted by Crippen LogP contribution is 2.28. The lowest BCUT2D eigenvalue weighted by Gasteiger charge is -2.17. The molecular weight excluding hydrogens is 374 g/mol. The quantitative estimate of drug-likeness (QED) is 0.687. The lowest BCUT2D eigenvalue weighted by molar-refractivity contribution is 0.414. The van der Waals surface area contributed by atoms with Gasteiger partial charge in [0.2, 0.25) is 10.0 Å². The summed E-state index contributed by atoms with van der Waals surface area (Å²) in [7, 11) is -2.15. The molecule has 0 bridgehead atoms. The number of aromatic nitrogens is 2. The molecule has 0 amide bonds. The summed E-state index contributed by atoms with van der Waals surface area (Å²) < 4.78 is 35.5. The molecule has 0 aliphatic carbocycles. The molecule has 0 fully saturated rings. The van der Waals surface area contributed by atoms with E-state index in [-0.39, 0.29) is 11.4 Å². The van der Waals surface area contributed by atoms with Crippen LogP contribution in [0.1, 0.15) is 32.0 Å². The van der Waals surface area contributed by atoms with E-state index in [1.165, 1.54) is 0 Å². The van der Waals surface area contributed by atoms with Crippen LogP contribution in [-0.2, 0) is 22.0 Å². The monoisotopic (exact) mass is 399 g/mol. The number of hydrogen-bond acceptors (Lipinski definition) is 4. The predicted molar refractivity (Wildman–Crippen MR) is 109 cm³/mol. The van der Waals surface area contributed by atoms with Gasteiger partial charge in [-0.05, 0) is 29.8 Å². The van der Waals surface area contributed by atoms with Crippen molar-refractivity contribution in [1.82, 2.24) is 14.5 Å². The average molecular weight is 400 g/mol. The van der Waals surface area contributed by atoms with Crippen LogP contribution < -0.4 is 9.46 Å². The Morgan fingerprint density at radius 3 is 2.25 bits per heavy atom. The standard InChI is InChI=1S/C21H25N3O3S/c1-21(2,3)20-19(15-24(23-20)17-8-6-5-7-9-17)28(25,26)22-14-16-10-12-18(27-4)13-11-16/h5-13,15,22H,14H2,1-4H3. The molecule has 0 atom stereocenters. The first-order valence-electron chi connectivity index (χ1n) is 8.99. The van der Waals surface area contributed by atoms with Crippen molar-refractivity contribution in [2.45, 2.75) is 37.6 Å². The van der Waals surface area contributed by atoms with E-state index in [0.717, 1.165) is 17.0 Å². The number of rotatable bonds is 6. The molecule has 6 nitrogen and oxygen atoms in total. The third-order valence-electron chi connectivity index (χ3n) is 4.33. The molecule has 1 aromatic heterocycles. The van der Waals surface area contributed by atoms with Crippen molar-refractivity contribution in [3.8, 4) is 11.4 Å². The molecule has 1 N–H and O–H groups in total. The van der Waals surface area contributed by atoms with E-state index in [1.54, 1.807) is 30.1 Å². The molecule has 0 aliphatic rings. The lowest BCUT2D eigenvalue weighted by Crippen LogP contribution is -2.26. The fourth-order valence-corrected chi connectivity index (χ4v) is 4.14. The molecule has 3 aromatic rings. The first-order valence-corrected chi connectivity index (χ1v) is 10.5. The third kappa shape index (κ3) is 4.43. The second kappa shape index (κ2) is 7.77. The molecule has 0 spiro atoms. The summed E-state index contributed by atoms with van der Waals surface area (Å²) in [4.78, 5) is 0.192. The molecular formula is C21H25N3O3S. The first-order chi connectivity index (χ1) is 13.2. The van der Waals surface area contributed by atoms with Gasteiger partial charge < -0.3 is 4.74 Å². The van der Waals surface area contributed by atoms with E-state index in [4.69, 9.17) is 4.74 Å². The molecule has 0 radical (unpaired) electrons. The number of hydrogen-bond donors (Lipinski definition) is 1. The summed E-state index contributed by atoms with van der Waals surface area (Å²) in [6.07, 6.45) is 1.58. The van der Waals surface area contributed by atoms with Crippen LogP contribution in [-0.4, -0.2) is 25.3 Å². The minimum atomic E-state index is -3.74. The zero-order valence-corrected chi connectivity index (χ0v) is 17.3. The molecule has 2 aromatic carbocycles. The Kier molecular flexibility index (Phi) is 5.58. The number of ether oxygens (including phenoxy) is 1. The van der Waals surface area contributed by atoms with Gasteiger partial charge in [0.25, 0.3) is 0 Å². The number of nitrogens with one attached hydrogen (secondary N) is 1. The second-order valence-corrected chi connectivity index (χ2v) is 9.28. The van der Waals surface area contributed by atoms with Crippen molar-refractivity contribution in [3.63, 3.8) is 0 Å². The Hall–Kier alpha value is -2.64. The fraction of sp³-hybridized carbons (Fsp3) is 0.286. The van der Waals surface area contributed by atoms with E-state index < -0.39 is 15.4 Å². The third-order valence-corrected chi connectivity index (χ3v) is 5.73. The predicted octanol–water partition coefficient (Wildman–Crippen LogP) is 3.66. The Morgan fingerprint density at radius 2 is 1.68 bits per heavy atom. The highest BCUT2D eigenvalue weighted by molar-refractivity contribution is 7.89. The van der Waals surface area contributed by atoms with Crippen LogP contribution in [0.4, 0.5) is 0 Å². The van der Waals surface area contributed by atoms with Crippen LogP contribution in [0, 0.1) is 0 Å². The number of methoxy groups -OCH3 is 1. The normalized spacial score (nSPS) is 12.1. The van der Waals surface area contributed by atoms with Crippen LogP contribution in [0.5, 0.6) is 5.75 Å². The Morgan fingerprint density at radius 1 is 1.04 bits per heavy atom. The van der Waals surface area contributed by atoms with Crippen LogP contribution >= 0.6 is 0 Å². The number of para-hydroxylation sites is 1. The van der Waals surface area contributed by atoms with Gasteiger partial charge in [-0.1, -0.05) is 51.1 Å². The maximum atomic E-state index is 13.1. The summed E-state index contributed by atoms with van der Waals surface area (Å²) in [6, 6.07) is 16.7. The molecule has 7 heteroatoms. The van der Waals surface area contributed by atoms with Gasteiger partial charge in [0.05, 0.1) is 24.7 Å². The number of nitrogens with zero attached hydrogens (tertiary/aromatic N) is 2.